The number of Topliss-reactive ketones (excluding diaryl/α,β-unsaturated/α-hetero) is 1. The van der Waals surface area contributed by atoms with Gasteiger partial charge < -0.3 is 4.74 Å². The van der Waals surface area contributed by atoms with Crippen LogP contribution in [0.2, 0.25) is 0 Å². The SMILES string of the molecule is CCc1c(OC)cc(C#N)cc1C(C)=O. The van der Waals surface area contributed by atoms with Gasteiger partial charge in [0.05, 0.1) is 18.7 Å². The summed E-state index contributed by atoms with van der Waals surface area (Å²) in [7, 11) is 1.54. The summed E-state index contributed by atoms with van der Waals surface area (Å²) < 4.78 is 5.17. The molecule has 0 saturated carbocycles. The first-order valence-electron chi connectivity index (χ1n) is 4.76. The summed E-state index contributed by atoms with van der Waals surface area (Å²) in [5.41, 5.74) is 1.90. The largest absolute Gasteiger partial charge is 0.496 e. The Balaban J connectivity index is 3.47. The van der Waals surface area contributed by atoms with E-state index < -0.39 is 0 Å². The monoisotopic (exact) mass is 203 g/mol. The number of hydrogen-bond acceptors (Lipinski definition) is 3. The molecule has 3 heteroatoms. The van der Waals surface area contributed by atoms with Crippen LogP contribution in [0.5, 0.6) is 5.75 Å². The predicted molar refractivity (Wildman–Crippen MR) is 57.1 cm³/mol. The van der Waals surface area contributed by atoms with Crippen molar-refractivity contribution in [2.45, 2.75) is 20.3 Å². The minimum Gasteiger partial charge on any atom is -0.496 e. The molecule has 78 valence electrons. The van der Waals surface area contributed by atoms with Crippen LogP contribution in [0.25, 0.3) is 0 Å². The van der Waals surface area contributed by atoms with E-state index >= 15 is 0 Å². The Bertz CT molecular complexity index is 430. The predicted octanol–water partition coefficient (Wildman–Crippen LogP) is 2.33. The van der Waals surface area contributed by atoms with Crippen molar-refractivity contribution in [3.8, 4) is 11.8 Å². The number of rotatable bonds is 3. The summed E-state index contributed by atoms with van der Waals surface area (Å²) in [5, 5.41) is 8.81. The molecular formula is C12H13NO2. The van der Waals surface area contributed by atoms with Crippen molar-refractivity contribution < 1.29 is 9.53 Å². The Morgan fingerprint density at radius 3 is 2.60 bits per heavy atom. The van der Waals surface area contributed by atoms with Crippen LogP contribution in [0.15, 0.2) is 12.1 Å². The molecule has 0 aliphatic carbocycles. The lowest BCUT2D eigenvalue weighted by Crippen LogP contribution is -2.02. The summed E-state index contributed by atoms with van der Waals surface area (Å²) in [4.78, 5) is 11.4. The molecule has 0 fully saturated rings. The van der Waals surface area contributed by atoms with E-state index in [4.69, 9.17) is 10.00 Å². The van der Waals surface area contributed by atoms with Crippen LogP contribution in [-0.4, -0.2) is 12.9 Å². The fourth-order valence-electron chi connectivity index (χ4n) is 1.57. The van der Waals surface area contributed by atoms with Gasteiger partial charge in [-0.25, -0.2) is 0 Å². The standard InChI is InChI=1S/C12H13NO2/c1-4-10-11(8(2)14)5-9(7-13)6-12(10)15-3/h5-6H,4H2,1-3H3. The number of ether oxygens (including phenoxy) is 1. The normalized spacial score (nSPS) is 9.47. The number of ketones is 1. The highest BCUT2D eigenvalue weighted by atomic mass is 16.5. The van der Waals surface area contributed by atoms with Gasteiger partial charge >= 0.3 is 0 Å². The van der Waals surface area contributed by atoms with Crippen LogP contribution in [0.1, 0.15) is 35.3 Å². The highest BCUT2D eigenvalue weighted by Gasteiger charge is 2.13. The molecule has 1 aromatic carbocycles. The van der Waals surface area contributed by atoms with Gasteiger partial charge in [-0.1, -0.05) is 6.92 Å². The summed E-state index contributed by atoms with van der Waals surface area (Å²) in [6.07, 6.45) is 0.712. The van der Waals surface area contributed by atoms with E-state index in [1.165, 1.54) is 6.92 Å². The van der Waals surface area contributed by atoms with Crippen molar-refractivity contribution >= 4 is 5.78 Å². The third kappa shape index (κ3) is 2.16. The lowest BCUT2D eigenvalue weighted by atomic mass is 9.98. The summed E-state index contributed by atoms with van der Waals surface area (Å²) in [6, 6.07) is 5.29. The number of nitrogens with zero attached hydrogens (tertiary/aromatic N) is 1. The number of benzene rings is 1. The van der Waals surface area contributed by atoms with E-state index in [9.17, 15) is 4.79 Å². The molecule has 0 radical (unpaired) electrons. The smallest absolute Gasteiger partial charge is 0.160 e. The lowest BCUT2D eigenvalue weighted by molar-refractivity contribution is 0.101. The van der Waals surface area contributed by atoms with Crippen LogP contribution >= 0.6 is 0 Å². The molecule has 0 amide bonds. The van der Waals surface area contributed by atoms with E-state index in [2.05, 4.69) is 0 Å². The van der Waals surface area contributed by atoms with Gasteiger partial charge in [-0.15, -0.1) is 0 Å². The summed E-state index contributed by atoms with van der Waals surface area (Å²) >= 11 is 0. The fraction of sp³-hybridized carbons (Fsp3) is 0.333. The van der Waals surface area contributed by atoms with Crippen molar-refractivity contribution in [2.75, 3.05) is 7.11 Å². The molecule has 3 nitrogen and oxygen atoms in total. The first-order chi connectivity index (χ1) is 7.13. The van der Waals surface area contributed by atoms with Crippen molar-refractivity contribution in [1.82, 2.24) is 0 Å². The number of carbonyl (C=O) groups excluding carboxylic acids is 1. The van der Waals surface area contributed by atoms with Gasteiger partial charge in [0.25, 0.3) is 0 Å². The molecule has 0 N–H and O–H groups in total. The van der Waals surface area contributed by atoms with E-state index in [-0.39, 0.29) is 5.78 Å². The Kier molecular flexibility index (Phi) is 3.46. The van der Waals surface area contributed by atoms with Gasteiger partial charge in [0.1, 0.15) is 5.75 Å². The maximum absolute atomic E-state index is 11.4. The minimum absolute atomic E-state index is 0.0396. The van der Waals surface area contributed by atoms with Crippen molar-refractivity contribution in [3.63, 3.8) is 0 Å². The molecule has 1 aromatic rings. The zero-order chi connectivity index (χ0) is 11.4. The Morgan fingerprint density at radius 1 is 1.53 bits per heavy atom. The first kappa shape index (κ1) is 11.3. The number of nitriles is 1. The molecule has 0 atom stereocenters. The van der Waals surface area contributed by atoms with E-state index in [0.29, 0.717) is 23.3 Å². The molecule has 0 heterocycles. The van der Waals surface area contributed by atoms with E-state index in [1.54, 1.807) is 19.2 Å². The van der Waals surface area contributed by atoms with Crippen LogP contribution in [0.4, 0.5) is 0 Å². The zero-order valence-corrected chi connectivity index (χ0v) is 9.13. The second-order valence-corrected chi connectivity index (χ2v) is 3.23. The Hall–Kier alpha value is -1.82. The molecule has 1 rings (SSSR count). The van der Waals surface area contributed by atoms with Gasteiger partial charge in [-0.3, -0.25) is 4.79 Å². The molecule has 0 aromatic heterocycles. The molecule has 0 aliphatic rings. The third-order valence-electron chi connectivity index (χ3n) is 2.29. The van der Waals surface area contributed by atoms with Gasteiger partial charge in [0.15, 0.2) is 5.78 Å². The average Bonchev–Trinajstić information content (AvgIpc) is 2.26. The molecule has 0 spiro atoms. The highest BCUT2D eigenvalue weighted by molar-refractivity contribution is 5.96. The number of methoxy groups -OCH3 is 1. The second kappa shape index (κ2) is 4.61. The minimum atomic E-state index is -0.0396. The maximum Gasteiger partial charge on any atom is 0.160 e. The van der Waals surface area contributed by atoms with Gasteiger partial charge in [0, 0.05) is 11.1 Å². The summed E-state index contributed by atoms with van der Waals surface area (Å²) in [5.74, 6) is 0.573. The van der Waals surface area contributed by atoms with Crippen molar-refractivity contribution in [2.24, 2.45) is 0 Å². The third-order valence-corrected chi connectivity index (χ3v) is 2.29. The van der Waals surface area contributed by atoms with Crippen LogP contribution in [0.3, 0.4) is 0 Å². The van der Waals surface area contributed by atoms with Crippen LogP contribution < -0.4 is 4.74 Å². The molecule has 0 unspecified atom stereocenters. The topological polar surface area (TPSA) is 50.1 Å². The van der Waals surface area contributed by atoms with Crippen LogP contribution in [-0.2, 0) is 6.42 Å². The van der Waals surface area contributed by atoms with Gasteiger partial charge in [-0.05, 0) is 25.5 Å². The number of carbonyl (C=O) groups is 1. The lowest BCUT2D eigenvalue weighted by Gasteiger charge is -2.11. The van der Waals surface area contributed by atoms with Crippen molar-refractivity contribution in [1.29, 1.82) is 5.26 Å². The fourth-order valence-corrected chi connectivity index (χ4v) is 1.57. The highest BCUT2D eigenvalue weighted by Crippen LogP contribution is 2.25. The molecule has 0 bridgehead atoms. The van der Waals surface area contributed by atoms with Crippen LogP contribution in [0, 0.1) is 11.3 Å². The average molecular weight is 203 g/mol. The molecular weight excluding hydrogens is 190 g/mol. The van der Waals surface area contributed by atoms with Gasteiger partial charge in [-0.2, -0.15) is 5.26 Å². The van der Waals surface area contributed by atoms with Gasteiger partial charge in [0.2, 0.25) is 0 Å². The zero-order valence-electron chi connectivity index (χ0n) is 9.13. The first-order valence-corrected chi connectivity index (χ1v) is 4.76. The molecule has 0 saturated heterocycles. The summed E-state index contributed by atoms with van der Waals surface area (Å²) in [6.45, 7) is 3.45. The quantitative estimate of drug-likeness (QED) is 0.708. The Morgan fingerprint density at radius 2 is 2.20 bits per heavy atom. The Labute approximate surface area is 89.3 Å². The van der Waals surface area contributed by atoms with E-state index in [1.807, 2.05) is 13.0 Å². The number of hydrogen-bond donors (Lipinski definition) is 0. The second-order valence-electron chi connectivity index (χ2n) is 3.23. The van der Waals surface area contributed by atoms with Crippen molar-refractivity contribution in [3.05, 3.63) is 28.8 Å². The molecule has 15 heavy (non-hydrogen) atoms. The van der Waals surface area contributed by atoms with E-state index in [0.717, 1.165) is 5.56 Å². The maximum atomic E-state index is 11.4. The molecule has 0 aliphatic heterocycles.